The molecule has 16 heavy (non-hydrogen) atoms. The molecule has 3 N–H and O–H groups in total. The minimum Gasteiger partial charge on any atom is -0.395 e. The van der Waals surface area contributed by atoms with Gasteiger partial charge in [0.05, 0.1) is 6.61 Å². The molecule has 0 radical (unpaired) electrons. The van der Waals surface area contributed by atoms with Crippen molar-refractivity contribution in [3.8, 4) is 0 Å². The fourth-order valence-corrected chi connectivity index (χ4v) is 1.74. The van der Waals surface area contributed by atoms with Gasteiger partial charge in [-0.15, -0.1) is 0 Å². The summed E-state index contributed by atoms with van der Waals surface area (Å²) in [5, 5.41) is 9.05. The van der Waals surface area contributed by atoms with Crippen LogP contribution in [0, 0.1) is 0 Å². The average molecular weight is 223 g/mol. The zero-order valence-corrected chi connectivity index (χ0v) is 10.1. The van der Waals surface area contributed by atoms with Crippen molar-refractivity contribution in [1.82, 2.24) is 4.98 Å². The molecule has 1 aromatic rings. The lowest BCUT2D eigenvalue weighted by molar-refractivity contribution is 0.301. The molecule has 0 amide bonds. The number of rotatable bonds is 6. The highest BCUT2D eigenvalue weighted by Gasteiger charge is 2.13. The molecule has 0 aromatic carbocycles. The lowest BCUT2D eigenvalue weighted by Crippen LogP contribution is -2.30. The van der Waals surface area contributed by atoms with Gasteiger partial charge in [0.25, 0.3) is 0 Å². The van der Waals surface area contributed by atoms with Crippen LogP contribution in [0.4, 0.5) is 5.82 Å². The minimum atomic E-state index is -0.0400. The lowest BCUT2D eigenvalue weighted by Gasteiger charge is -2.25. The number of aliphatic hydroxyl groups is 1. The predicted octanol–water partition coefficient (Wildman–Crippen LogP) is 1.31. The van der Waals surface area contributed by atoms with Gasteiger partial charge in [0.1, 0.15) is 5.82 Å². The second kappa shape index (κ2) is 6.45. The number of nitrogens with two attached hydrogens (primary N) is 1. The summed E-state index contributed by atoms with van der Waals surface area (Å²) in [5.41, 5.74) is 6.95. The maximum Gasteiger partial charge on any atom is 0.133 e. The maximum atomic E-state index is 9.05. The Labute approximate surface area is 97.1 Å². The molecule has 4 nitrogen and oxygen atoms in total. The topological polar surface area (TPSA) is 62.4 Å². The molecule has 0 aliphatic rings. The van der Waals surface area contributed by atoms with Gasteiger partial charge in [0.2, 0.25) is 0 Å². The highest BCUT2D eigenvalue weighted by molar-refractivity contribution is 5.48. The highest BCUT2D eigenvalue weighted by Crippen LogP contribution is 2.22. The molecule has 0 saturated carbocycles. The monoisotopic (exact) mass is 223 g/mol. The first-order valence-electron chi connectivity index (χ1n) is 5.77. The van der Waals surface area contributed by atoms with Gasteiger partial charge in [-0.2, -0.15) is 0 Å². The molecular formula is C12H21N3O. The number of hydrogen-bond donors (Lipinski definition) is 2. The number of hydrogen-bond acceptors (Lipinski definition) is 4. The summed E-state index contributed by atoms with van der Waals surface area (Å²) in [6.07, 6.45) is 2.79. The Hall–Kier alpha value is -1.13. The Kier molecular flexibility index (Phi) is 5.22. The number of anilines is 1. The first kappa shape index (κ1) is 12.9. The van der Waals surface area contributed by atoms with E-state index in [4.69, 9.17) is 10.8 Å². The number of nitrogens with zero attached hydrogens (tertiary/aromatic N) is 2. The summed E-state index contributed by atoms with van der Waals surface area (Å²) in [4.78, 5) is 6.45. The summed E-state index contributed by atoms with van der Waals surface area (Å²) < 4.78 is 0. The van der Waals surface area contributed by atoms with Crippen molar-refractivity contribution < 1.29 is 5.11 Å². The van der Waals surface area contributed by atoms with Gasteiger partial charge >= 0.3 is 0 Å². The molecule has 0 spiro atoms. The van der Waals surface area contributed by atoms with Crippen molar-refractivity contribution in [3.05, 3.63) is 23.9 Å². The van der Waals surface area contributed by atoms with Crippen LogP contribution in [0.5, 0.6) is 0 Å². The van der Waals surface area contributed by atoms with Crippen LogP contribution in [0.15, 0.2) is 18.3 Å². The third-order valence-corrected chi connectivity index (χ3v) is 2.47. The van der Waals surface area contributed by atoms with E-state index in [0.29, 0.717) is 6.54 Å². The molecule has 1 rings (SSSR count). The van der Waals surface area contributed by atoms with E-state index >= 15 is 0 Å². The Morgan fingerprint density at radius 1 is 1.50 bits per heavy atom. The molecular weight excluding hydrogens is 202 g/mol. The summed E-state index contributed by atoms with van der Waals surface area (Å²) in [6.45, 7) is 5.68. The van der Waals surface area contributed by atoms with E-state index in [-0.39, 0.29) is 12.6 Å². The second-order valence-electron chi connectivity index (χ2n) is 3.92. The lowest BCUT2D eigenvalue weighted by atomic mass is 10.1. The highest BCUT2D eigenvalue weighted by atomic mass is 16.3. The summed E-state index contributed by atoms with van der Waals surface area (Å²) in [6, 6.07) is 3.85. The van der Waals surface area contributed by atoms with Crippen molar-refractivity contribution in [1.29, 1.82) is 0 Å². The van der Waals surface area contributed by atoms with E-state index in [1.54, 1.807) is 6.20 Å². The van der Waals surface area contributed by atoms with Crippen LogP contribution in [-0.4, -0.2) is 29.8 Å². The van der Waals surface area contributed by atoms with Crippen LogP contribution >= 0.6 is 0 Å². The fraction of sp³-hybridized carbons (Fsp3) is 0.583. The molecule has 0 bridgehead atoms. The smallest absolute Gasteiger partial charge is 0.133 e. The molecule has 4 heteroatoms. The van der Waals surface area contributed by atoms with Crippen molar-refractivity contribution in [3.63, 3.8) is 0 Å². The average Bonchev–Trinajstić information content (AvgIpc) is 2.29. The quantitative estimate of drug-likeness (QED) is 0.763. The molecule has 90 valence electrons. The van der Waals surface area contributed by atoms with Gasteiger partial charge in [-0.1, -0.05) is 13.0 Å². The van der Waals surface area contributed by atoms with Crippen LogP contribution in [0.3, 0.4) is 0 Å². The number of aromatic nitrogens is 1. The molecule has 1 heterocycles. The van der Waals surface area contributed by atoms with Crippen molar-refractivity contribution >= 4 is 5.82 Å². The predicted molar refractivity (Wildman–Crippen MR) is 66.4 cm³/mol. The van der Waals surface area contributed by atoms with E-state index in [1.165, 1.54) is 0 Å². The molecule has 0 aliphatic carbocycles. The Balaban J connectivity index is 2.97. The van der Waals surface area contributed by atoms with Crippen LogP contribution < -0.4 is 10.6 Å². The van der Waals surface area contributed by atoms with Crippen LogP contribution in [-0.2, 0) is 0 Å². The SMILES string of the molecule is CCCN(CCO)c1ncccc1C(C)N. The zero-order chi connectivity index (χ0) is 12.0. The van der Waals surface area contributed by atoms with Gasteiger partial charge < -0.3 is 15.7 Å². The van der Waals surface area contributed by atoms with E-state index in [2.05, 4.69) is 16.8 Å². The van der Waals surface area contributed by atoms with Gasteiger partial charge in [-0.3, -0.25) is 0 Å². The van der Waals surface area contributed by atoms with Crippen LogP contribution in [0.2, 0.25) is 0 Å². The van der Waals surface area contributed by atoms with Crippen LogP contribution in [0.25, 0.3) is 0 Å². The van der Waals surface area contributed by atoms with E-state index in [0.717, 1.165) is 24.3 Å². The van der Waals surface area contributed by atoms with Crippen molar-refractivity contribution in [2.24, 2.45) is 5.73 Å². The van der Waals surface area contributed by atoms with Crippen molar-refractivity contribution in [2.45, 2.75) is 26.3 Å². The van der Waals surface area contributed by atoms with Gasteiger partial charge in [0, 0.05) is 30.9 Å². The number of pyridine rings is 1. The number of aliphatic hydroxyl groups excluding tert-OH is 1. The van der Waals surface area contributed by atoms with E-state index in [1.807, 2.05) is 19.1 Å². The van der Waals surface area contributed by atoms with Gasteiger partial charge in [-0.25, -0.2) is 4.98 Å². The van der Waals surface area contributed by atoms with Crippen LogP contribution in [0.1, 0.15) is 31.9 Å². The Morgan fingerprint density at radius 3 is 2.81 bits per heavy atom. The molecule has 1 unspecified atom stereocenters. The van der Waals surface area contributed by atoms with E-state index < -0.39 is 0 Å². The normalized spacial score (nSPS) is 12.5. The Bertz CT molecular complexity index is 309. The fourth-order valence-electron chi connectivity index (χ4n) is 1.74. The van der Waals surface area contributed by atoms with Crippen molar-refractivity contribution in [2.75, 3.05) is 24.6 Å². The Morgan fingerprint density at radius 2 is 2.25 bits per heavy atom. The summed E-state index contributed by atoms with van der Waals surface area (Å²) in [5.74, 6) is 0.897. The van der Waals surface area contributed by atoms with Gasteiger partial charge in [0.15, 0.2) is 0 Å². The zero-order valence-electron chi connectivity index (χ0n) is 10.1. The largest absolute Gasteiger partial charge is 0.395 e. The maximum absolute atomic E-state index is 9.05. The minimum absolute atomic E-state index is 0.0400. The molecule has 0 aliphatic heterocycles. The molecule has 1 aromatic heterocycles. The van der Waals surface area contributed by atoms with E-state index in [9.17, 15) is 0 Å². The first-order chi connectivity index (χ1) is 7.70. The molecule has 0 fully saturated rings. The second-order valence-corrected chi connectivity index (χ2v) is 3.92. The first-order valence-corrected chi connectivity index (χ1v) is 5.77. The molecule has 0 saturated heterocycles. The van der Waals surface area contributed by atoms with Gasteiger partial charge in [-0.05, 0) is 19.4 Å². The summed E-state index contributed by atoms with van der Waals surface area (Å²) in [7, 11) is 0. The summed E-state index contributed by atoms with van der Waals surface area (Å²) >= 11 is 0. The third kappa shape index (κ3) is 3.18. The standard InChI is InChI=1S/C12H21N3O/c1-3-7-15(8-9-16)12-11(10(2)13)5-4-6-14-12/h4-6,10,16H,3,7-9,13H2,1-2H3. The third-order valence-electron chi connectivity index (χ3n) is 2.47. The molecule has 1 atom stereocenters.